The van der Waals surface area contributed by atoms with E-state index in [0.29, 0.717) is 30.4 Å². The topological polar surface area (TPSA) is 35.5 Å². The lowest BCUT2D eigenvalue weighted by molar-refractivity contribution is -0.111. The largest absolute Gasteiger partial charge is 0.493 e. The Morgan fingerprint density at radius 3 is 2.81 bits per heavy atom. The van der Waals surface area contributed by atoms with E-state index in [0.717, 1.165) is 18.3 Å². The van der Waals surface area contributed by atoms with Crippen molar-refractivity contribution in [3.05, 3.63) is 48.1 Å². The van der Waals surface area contributed by atoms with Gasteiger partial charge in [0.1, 0.15) is 6.29 Å². The van der Waals surface area contributed by atoms with Crippen LogP contribution in [0.1, 0.15) is 18.4 Å². The molecule has 1 unspecified atom stereocenters. The number of halogens is 1. The molecule has 0 heterocycles. The van der Waals surface area contributed by atoms with Gasteiger partial charge in [0.25, 0.3) is 0 Å². The Morgan fingerprint density at radius 2 is 2.19 bits per heavy atom. The first kappa shape index (κ1) is 15.6. The number of benzene rings is 1. The summed E-state index contributed by atoms with van der Waals surface area (Å²) in [4.78, 5) is 11.6. The van der Waals surface area contributed by atoms with Crippen LogP contribution in [0.15, 0.2) is 42.5 Å². The van der Waals surface area contributed by atoms with E-state index in [1.54, 1.807) is 7.11 Å². The highest BCUT2D eigenvalue weighted by Gasteiger charge is 2.29. The number of hydrogen-bond acceptors (Lipinski definition) is 3. The summed E-state index contributed by atoms with van der Waals surface area (Å²) in [5, 5.41) is 0. The summed E-state index contributed by atoms with van der Waals surface area (Å²) in [5.74, 6) is 1.85. The molecule has 0 saturated heterocycles. The van der Waals surface area contributed by atoms with Crippen LogP contribution in [0.4, 0.5) is 0 Å². The van der Waals surface area contributed by atoms with Gasteiger partial charge in [0.05, 0.1) is 19.1 Å². The van der Waals surface area contributed by atoms with Gasteiger partial charge in [-0.25, -0.2) is 0 Å². The SMILES string of the molecule is COc1ccc(C2(C=O)C=CC=CC2)cc1OCCCCl. The highest BCUT2D eigenvalue weighted by molar-refractivity contribution is 6.17. The molecule has 2 rings (SSSR count). The Hall–Kier alpha value is -1.74. The van der Waals surface area contributed by atoms with E-state index in [9.17, 15) is 4.79 Å². The molecule has 1 aromatic carbocycles. The normalized spacial score (nSPS) is 20.3. The molecule has 21 heavy (non-hydrogen) atoms. The zero-order chi connectivity index (χ0) is 15.1. The van der Waals surface area contributed by atoms with E-state index >= 15 is 0 Å². The molecule has 1 atom stereocenters. The Labute approximate surface area is 130 Å². The van der Waals surface area contributed by atoms with E-state index in [1.165, 1.54) is 0 Å². The van der Waals surface area contributed by atoms with Gasteiger partial charge >= 0.3 is 0 Å². The minimum absolute atomic E-state index is 0.521. The summed E-state index contributed by atoms with van der Waals surface area (Å²) in [7, 11) is 1.60. The highest BCUT2D eigenvalue weighted by atomic mass is 35.5. The minimum Gasteiger partial charge on any atom is -0.493 e. The summed E-state index contributed by atoms with van der Waals surface area (Å²) in [6, 6.07) is 5.62. The second kappa shape index (κ2) is 7.32. The van der Waals surface area contributed by atoms with Gasteiger partial charge in [-0.3, -0.25) is 0 Å². The Morgan fingerprint density at radius 1 is 1.33 bits per heavy atom. The van der Waals surface area contributed by atoms with Crippen LogP contribution in [0.5, 0.6) is 11.5 Å². The monoisotopic (exact) mass is 306 g/mol. The van der Waals surface area contributed by atoms with Crippen LogP contribution in [-0.2, 0) is 10.2 Å². The van der Waals surface area contributed by atoms with Gasteiger partial charge in [0, 0.05) is 5.88 Å². The average Bonchev–Trinajstić information content (AvgIpc) is 2.55. The van der Waals surface area contributed by atoms with Crippen molar-refractivity contribution in [3.8, 4) is 11.5 Å². The lowest BCUT2D eigenvalue weighted by atomic mass is 9.77. The van der Waals surface area contributed by atoms with Crippen molar-refractivity contribution in [2.75, 3.05) is 19.6 Å². The first-order chi connectivity index (χ1) is 10.3. The van der Waals surface area contributed by atoms with Crippen LogP contribution in [0.2, 0.25) is 0 Å². The van der Waals surface area contributed by atoms with E-state index in [1.807, 2.05) is 42.5 Å². The summed E-state index contributed by atoms with van der Waals surface area (Å²) in [6.07, 6.45) is 10.2. The van der Waals surface area contributed by atoms with Crippen molar-refractivity contribution >= 4 is 17.9 Å². The van der Waals surface area contributed by atoms with Crippen LogP contribution < -0.4 is 9.47 Å². The number of carbonyl (C=O) groups is 1. The number of ether oxygens (including phenoxy) is 2. The van der Waals surface area contributed by atoms with Gasteiger partial charge < -0.3 is 14.3 Å². The first-order valence-electron chi connectivity index (χ1n) is 6.94. The maximum absolute atomic E-state index is 11.6. The van der Waals surface area contributed by atoms with Gasteiger partial charge in [-0.15, -0.1) is 11.6 Å². The van der Waals surface area contributed by atoms with Crippen molar-refractivity contribution in [2.45, 2.75) is 18.3 Å². The molecule has 1 aliphatic carbocycles. The third-order valence-electron chi connectivity index (χ3n) is 3.54. The minimum atomic E-state index is -0.619. The lowest BCUT2D eigenvalue weighted by Crippen LogP contribution is -2.26. The van der Waals surface area contributed by atoms with Crippen LogP contribution in [0, 0.1) is 0 Å². The third kappa shape index (κ3) is 3.48. The summed E-state index contributed by atoms with van der Waals surface area (Å²) < 4.78 is 11.0. The fraction of sp³-hybridized carbons (Fsp3) is 0.353. The van der Waals surface area contributed by atoms with Crippen LogP contribution >= 0.6 is 11.6 Å². The van der Waals surface area contributed by atoms with Crippen molar-refractivity contribution in [3.63, 3.8) is 0 Å². The second-order valence-electron chi connectivity index (χ2n) is 4.91. The van der Waals surface area contributed by atoms with Crippen molar-refractivity contribution in [2.24, 2.45) is 0 Å². The predicted molar refractivity (Wildman–Crippen MR) is 84.5 cm³/mol. The number of hydrogen-bond donors (Lipinski definition) is 0. The highest BCUT2D eigenvalue weighted by Crippen LogP contribution is 2.36. The molecule has 1 aliphatic rings. The molecular weight excluding hydrogens is 288 g/mol. The maximum atomic E-state index is 11.6. The van der Waals surface area contributed by atoms with E-state index in [-0.39, 0.29) is 0 Å². The van der Waals surface area contributed by atoms with E-state index < -0.39 is 5.41 Å². The zero-order valence-corrected chi connectivity index (χ0v) is 12.8. The number of rotatable bonds is 7. The number of methoxy groups -OCH3 is 1. The number of alkyl halides is 1. The molecule has 0 amide bonds. The molecule has 0 saturated carbocycles. The number of carbonyl (C=O) groups excluding carboxylic acids is 1. The fourth-order valence-corrected chi connectivity index (χ4v) is 2.43. The number of aldehydes is 1. The van der Waals surface area contributed by atoms with E-state index in [4.69, 9.17) is 21.1 Å². The van der Waals surface area contributed by atoms with Gasteiger partial charge in [-0.05, 0) is 30.5 Å². The van der Waals surface area contributed by atoms with Crippen molar-refractivity contribution < 1.29 is 14.3 Å². The van der Waals surface area contributed by atoms with Gasteiger partial charge in [-0.2, -0.15) is 0 Å². The molecule has 0 spiro atoms. The van der Waals surface area contributed by atoms with Crippen LogP contribution in [0.3, 0.4) is 0 Å². The number of allylic oxidation sites excluding steroid dienone is 4. The molecule has 0 fully saturated rings. The zero-order valence-electron chi connectivity index (χ0n) is 12.0. The summed E-state index contributed by atoms with van der Waals surface area (Å²) in [6.45, 7) is 0.521. The Kier molecular flexibility index (Phi) is 5.45. The smallest absolute Gasteiger partial charge is 0.161 e. The second-order valence-corrected chi connectivity index (χ2v) is 5.28. The molecule has 3 nitrogen and oxygen atoms in total. The van der Waals surface area contributed by atoms with Gasteiger partial charge in [0.2, 0.25) is 0 Å². The molecule has 0 bridgehead atoms. The fourth-order valence-electron chi connectivity index (χ4n) is 2.32. The Bertz CT molecular complexity index is 551. The molecule has 4 heteroatoms. The molecular formula is C17H19ClO3. The third-order valence-corrected chi connectivity index (χ3v) is 3.81. The van der Waals surface area contributed by atoms with Crippen molar-refractivity contribution in [1.82, 2.24) is 0 Å². The first-order valence-corrected chi connectivity index (χ1v) is 7.47. The molecule has 0 N–H and O–H groups in total. The van der Waals surface area contributed by atoms with Crippen LogP contribution in [0.25, 0.3) is 0 Å². The Balaban J connectivity index is 2.31. The van der Waals surface area contributed by atoms with Gasteiger partial charge in [-0.1, -0.05) is 30.4 Å². The molecule has 1 aromatic rings. The molecule has 0 aliphatic heterocycles. The quantitative estimate of drug-likeness (QED) is 0.438. The lowest BCUT2D eigenvalue weighted by Gasteiger charge is -2.26. The van der Waals surface area contributed by atoms with E-state index in [2.05, 4.69) is 0 Å². The van der Waals surface area contributed by atoms with Gasteiger partial charge in [0.15, 0.2) is 11.5 Å². The summed E-state index contributed by atoms with van der Waals surface area (Å²) >= 11 is 5.66. The summed E-state index contributed by atoms with van der Waals surface area (Å²) in [5.41, 5.74) is 0.283. The maximum Gasteiger partial charge on any atom is 0.161 e. The van der Waals surface area contributed by atoms with Crippen LogP contribution in [-0.4, -0.2) is 25.9 Å². The molecule has 0 aromatic heterocycles. The molecule has 0 radical (unpaired) electrons. The predicted octanol–water partition coefficient (Wildman–Crippen LogP) is 3.66. The van der Waals surface area contributed by atoms with Crippen molar-refractivity contribution in [1.29, 1.82) is 0 Å². The molecule has 112 valence electrons. The average molecular weight is 307 g/mol. The standard InChI is InChI=1S/C17H19ClO3/c1-20-15-7-6-14(12-16(15)21-11-5-10-18)17(13-19)8-3-2-4-9-17/h2-4,6-8,12-13H,5,9-11H2,1H3.